The van der Waals surface area contributed by atoms with E-state index in [9.17, 15) is 9.90 Å². The maximum atomic E-state index is 13.1. The molecule has 0 aromatic heterocycles. The largest absolute Gasteiger partial charge is 0.459 e. The summed E-state index contributed by atoms with van der Waals surface area (Å²) in [7, 11) is 0. The van der Waals surface area contributed by atoms with Crippen molar-refractivity contribution in [2.45, 2.75) is 31.8 Å². The van der Waals surface area contributed by atoms with E-state index in [4.69, 9.17) is 14.2 Å². The number of aliphatic hydroxyl groups excluding tert-OH is 1. The quantitative estimate of drug-likeness (QED) is 0.574. The summed E-state index contributed by atoms with van der Waals surface area (Å²) >= 11 is 2.29. The molecule has 7 heteroatoms. The predicted octanol–water partition coefficient (Wildman–Crippen LogP) is 3.57. The van der Waals surface area contributed by atoms with Crippen LogP contribution in [-0.2, 0) is 32.2 Å². The highest BCUT2D eigenvalue weighted by Crippen LogP contribution is 2.33. The molecule has 0 bridgehead atoms. The molecule has 2 heterocycles. The minimum absolute atomic E-state index is 0.0162. The van der Waals surface area contributed by atoms with Crippen molar-refractivity contribution in [1.82, 2.24) is 4.90 Å². The van der Waals surface area contributed by atoms with Crippen molar-refractivity contribution in [3.05, 3.63) is 80.6 Å². The monoisotopic (exact) mass is 535 g/mol. The number of benzene rings is 2. The third-order valence-corrected chi connectivity index (χ3v) is 6.23. The Bertz CT molecular complexity index is 907. The maximum absolute atomic E-state index is 13.1. The number of nitrogens with zero attached hydrogens (tertiary/aromatic N) is 1. The van der Waals surface area contributed by atoms with Crippen LogP contribution in [0.4, 0.5) is 0 Å². The van der Waals surface area contributed by atoms with Gasteiger partial charge >= 0.3 is 0 Å². The van der Waals surface area contributed by atoms with Gasteiger partial charge in [-0.1, -0.05) is 36.4 Å². The van der Waals surface area contributed by atoms with Gasteiger partial charge < -0.3 is 24.2 Å². The van der Waals surface area contributed by atoms with E-state index in [1.807, 2.05) is 30.3 Å². The molecule has 2 aromatic rings. The van der Waals surface area contributed by atoms with E-state index in [0.717, 1.165) is 16.7 Å². The van der Waals surface area contributed by atoms with Gasteiger partial charge in [0.15, 0.2) is 5.76 Å². The molecule has 164 valence electrons. The topological polar surface area (TPSA) is 68.2 Å². The summed E-state index contributed by atoms with van der Waals surface area (Å²) in [6, 6.07) is 15.9. The Morgan fingerprint density at radius 1 is 1.06 bits per heavy atom. The van der Waals surface area contributed by atoms with Crippen LogP contribution in [0, 0.1) is 3.57 Å². The molecule has 6 nitrogen and oxygen atoms in total. The Morgan fingerprint density at radius 3 is 2.42 bits per heavy atom. The summed E-state index contributed by atoms with van der Waals surface area (Å²) in [4.78, 5) is 14.8. The van der Waals surface area contributed by atoms with Crippen LogP contribution in [0.5, 0.6) is 0 Å². The van der Waals surface area contributed by atoms with Crippen LogP contribution in [0.2, 0.25) is 0 Å². The number of hydrogen-bond donors (Lipinski definition) is 1. The average molecular weight is 535 g/mol. The summed E-state index contributed by atoms with van der Waals surface area (Å²) < 4.78 is 18.6. The van der Waals surface area contributed by atoms with Crippen molar-refractivity contribution < 1.29 is 24.1 Å². The smallest absolute Gasteiger partial charge is 0.288 e. The van der Waals surface area contributed by atoms with Crippen molar-refractivity contribution in [2.75, 3.05) is 26.3 Å². The zero-order valence-corrected chi connectivity index (χ0v) is 19.4. The lowest BCUT2D eigenvalue weighted by Crippen LogP contribution is -2.43. The normalized spacial score (nSPS) is 21.4. The molecule has 0 radical (unpaired) electrons. The predicted molar refractivity (Wildman–Crippen MR) is 124 cm³/mol. The molecule has 0 saturated carbocycles. The van der Waals surface area contributed by atoms with Gasteiger partial charge in [0, 0.05) is 29.0 Å². The third kappa shape index (κ3) is 5.85. The lowest BCUT2D eigenvalue weighted by molar-refractivity contribution is -0.158. The van der Waals surface area contributed by atoms with E-state index in [1.54, 1.807) is 4.90 Å². The van der Waals surface area contributed by atoms with Gasteiger partial charge in [-0.15, -0.1) is 0 Å². The van der Waals surface area contributed by atoms with E-state index in [1.165, 1.54) is 3.57 Å². The SMILES string of the molecule is O=C(C1=C[C@@H](c2ccc(I)cc2)C[C@@H](OCc2ccc(CO)cc2)O1)N1CCOCC1. The van der Waals surface area contributed by atoms with Crippen LogP contribution in [0.3, 0.4) is 0 Å². The highest BCUT2D eigenvalue weighted by molar-refractivity contribution is 14.1. The van der Waals surface area contributed by atoms with Crippen LogP contribution in [0.25, 0.3) is 0 Å². The molecule has 2 aliphatic heterocycles. The van der Waals surface area contributed by atoms with Crippen molar-refractivity contribution in [1.29, 1.82) is 0 Å². The molecule has 0 aliphatic carbocycles. The summed E-state index contributed by atoms with van der Waals surface area (Å²) in [5, 5.41) is 9.20. The number of rotatable bonds is 6. The Balaban J connectivity index is 1.49. The van der Waals surface area contributed by atoms with Gasteiger partial charge in [-0.3, -0.25) is 4.79 Å². The van der Waals surface area contributed by atoms with Gasteiger partial charge in [0.2, 0.25) is 6.29 Å². The lowest BCUT2D eigenvalue weighted by Gasteiger charge is -2.33. The fourth-order valence-electron chi connectivity index (χ4n) is 3.71. The molecule has 2 aromatic carbocycles. The zero-order valence-electron chi connectivity index (χ0n) is 17.2. The van der Waals surface area contributed by atoms with E-state index in [-0.39, 0.29) is 18.4 Å². The highest BCUT2D eigenvalue weighted by atomic mass is 127. The number of ether oxygens (including phenoxy) is 3. The summed E-state index contributed by atoms with van der Waals surface area (Å²) in [5.74, 6) is 0.268. The second-order valence-electron chi connectivity index (χ2n) is 7.66. The Labute approximate surface area is 195 Å². The summed E-state index contributed by atoms with van der Waals surface area (Å²) in [6.07, 6.45) is 2.04. The van der Waals surface area contributed by atoms with E-state index >= 15 is 0 Å². The fourth-order valence-corrected chi connectivity index (χ4v) is 4.07. The zero-order chi connectivity index (χ0) is 21.6. The first-order chi connectivity index (χ1) is 15.1. The molecule has 2 atom stereocenters. The van der Waals surface area contributed by atoms with Crippen LogP contribution in [0.1, 0.15) is 29.0 Å². The summed E-state index contributed by atoms with van der Waals surface area (Å²) in [6.45, 7) is 2.61. The first-order valence-corrected chi connectivity index (χ1v) is 11.5. The van der Waals surface area contributed by atoms with Crippen molar-refractivity contribution >= 4 is 28.5 Å². The van der Waals surface area contributed by atoms with Crippen LogP contribution in [0.15, 0.2) is 60.4 Å². The fraction of sp³-hybridized carbons (Fsp3) is 0.375. The standard InChI is InChI=1S/C24H26INO5/c25-21-7-5-19(6-8-21)20-13-22(24(28)26-9-11-29-12-10-26)31-23(14-20)30-16-18-3-1-17(15-27)2-4-18/h1-8,13,20,23,27H,9-12,14-16H2/t20-,23+/m1/s1. The molecule has 2 aliphatic rings. The number of allylic oxidation sites excluding steroid dienone is 1. The Hall–Kier alpha value is -1.94. The molecule has 31 heavy (non-hydrogen) atoms. The molecule has 0 spiro atoms. The third-order valence-electron chi connectivity index (χ3n) is 5.51. The molecular weight excluding hydrogens is 509 g/mol. The Kier molecular flexibility index (Phi) is 7.60. The number of carbonyl (C=O) groups is 1. The van der Waals surface area contributed by atoms with Crippen molar-refractivity contribution in [2.24, 2.45) is 0 Å². The van der Waals surface area contributed by atoms with Crippen molar-refractivity contribution in [3.63, 3.8) is 0 Å². The highest BCUT2D eigenvalue weighted by Gasteiger charge is 2.31. The molecule has 1 amide bonds. The van der Waals surface area contributed by atoms with Gasteiger partial charge in [0.1, 0.15) is 0 Å². The number of carbonyl (C=O) groups excluding carboxylic acids is 1. The molecule has 1 saturated heterocycles. The van der Waals surface area contributed by atoms with E-state index in [2.05, 4.69) is 46.9 Å². The minimum Gasteiger partial charge on any atom is -0.459 e. The maximum Gasteiger partial charge on any atom is 0.288 e. The van der Waals surface area contributed by atoms with Gasteiger partial charge in [0.05, 0.1) is 26.4 Å². The van der Waals surface area contributed by atoms with E-state index in [0.29, 0.717) is 45.1 Å². The number of hydrogen-bond acceptors (Lipinski definition) is 5. The number of aliphatic hydroxyl groups is 1. The molecule has 0 unspecified atom stereocenters. The number of halogens is 1. The van der Waals surface area contributed by atoms with Crippen molar-refractivity contribution in [3.8, 4) is 0 Å². The van der Waals surface area contributed by atoms with Gasteiger partial charge in [0.25, 0.3) is 5.91 Å². The molecule has 1 N–H and O–H groups in total. The van der Waals surface area contributed by atoms with Gasteiger partial charge in [-0.05, 0) is 57.5 Å². The van der Waals surface area contributed by atoms with Crippen LogP contribution in [-0.4, -0.2) is 48.5 Å². The second kappa shape index (κ2) is 10.6. The van der Waals surface area contributed by atoms with E-state index < -0.39 is 6.29 Å². The molecule has 4 rings (SSSR count). The Morgan fingerprint density at radius 2 is 1.74 bits per heavy atom. The first-order valence-electron chi connectivity index (χ1n) is 10.4. The second-order valence-corrected chi connectivity index (χ2v) is 8.91. The number of morpholine rings is 1. The van der Waals surface area contributed by atoms with Crippen LogP contribution >= 0.6 is 22.6 Å². The van der Waals surface area contributed by atoms with Gasteiger partial charge in [-0.2, -0.15) is 0 Å². The minimum atomic E-state index is -0.521. The number of amides is 1. The lowest BCUT2D eigenvalue weighted by atomic mass is 9.93. The molecular formula is C24H26INO5. The average Bonchev–Trinajstić information content (AvgIpc) is 2.83. The molecule has 1 fully saturated rings. The summed E-state index contributed by atoms with van der Waals surface area (Å²) in [5.41, 5.74) is 2.98. The van der Waals surface area contributed by atoms with Crippen LogP contribution < -0.4 is 0 Å². The first kappa shape index (κ1) is 22.3. The van der Waals surface area contributed by atoms with Gasteiger partial charge in [-0.25, -0.2) is 0 Å².